The number of ether oxygens (including phenoxy) is 2. The fraction of sp³-hybridized carbons (Fsp3) is 0.455. The van der Waals surface area contributed by atoms with Crippen molar-refractivity contribution in [3.63, 3.8) is 0 Å². The number of benzene rings is 1. The molecule has 1 atom stereocenters. The van der Waals surface area contributed by atoms with Gasteiger partial charge in [0.1, 0.15) is 11.9 Å². The quantitative estimate of drug-likeness (QED) is 0.759. The number of hydrogen-bond acceptors (Lipinski definition) is 5. The number of pyridine rings is 1. The number of carbonyl (C=O) groups excluding carboxylic acids is 1. The van der Waals surface area contributed by atoms with E-state index >= 15 is 0 Å². The van der Waals surface area contributed by atoms with Crippen molar-refractivity contribution in [3.8, 4) is 5.75 Å². The maximum atomic E-state index is 12.3. The lowest BCUT2D eigenvalue weighted by Crippen LogP contribution is -2.44. The Labute approximate surface area is 166 Å². The van der Waals surface area contributed by atoms with Crippen molar-refractivity contribution >= 4 is 5.91 Å². The van der Waals surface area contributed by atoms with Crippen LogP contribution in [-0.2, 0) is 11.3 Å². The van der Waals surface area contributed by atoms with Crippen molar-refractivity contribution in [2.75, 3.05) is 26.8 Å². The average molecular weight is 383 g/mol. The third-order valence-electron chi connectivity index (χ3n) is 5.13. The predicted octanol–water partition coefficient (Wildman–Crippen LogP) is 2.89. The van der Waals surface area contributed by atoms with Crippen molar-refractivity contribution in [2.24, 2.45) is 0 Å². The molecule has 1 aromatic heterocycles. The van der Waals surface area contributed by atoms with E-state index < -0.39 is 0 Å². The van der Waals surface area contributed by atoms with Crippen LogP contribution in [0.15, 0.2) is 48.8 Å². The molecule has 1 saturated heterocycles. The van der Waals surface area contributed by atoms with Crippen LogP contribution >= 0.6 is 0 Å². The number of rotatable bonds is 8. The Morgan fingerprint density at radius 1 is 1.18 bits per heavy atom. The highest BCUT2D eigenvalue weighted by molar-refractivity contribution is 5.94. The van der Waals surface area contributed by atoms with Crippen LogP contribution in [0.5, 0.6) is 5.75 Å². The van der Waals surface area contributed by atoms with Crippen LogP contribution in [0, 0.1) is 0 Å². The standard InChI is InChI=1S/C22H29N3O3/c1-17(16-27-2)25-13-9-21(10-14-25)28-20-5-3-19(4-6-20)22(26)24-15-18-7-11-23-12-8-18/h3-8,11-12,17,21H,9-10,13-16H2,1-2H3,(H,24,26)/t17-/m0/s1. The van der Waals surface area contributed by atoms with Gasteiger partial charge >= 0.3 is 0 Å². The molecule has 2 heterocycles. The fourth-order valence-corrected chi connectivity index (χ4v) is 3.44. The molecule has 6 nitrogen and oxygen atoms in total. The highest BCUT2D eigenvalue weighted by Crippen LogP contribution is 2.21. The Morgan fingerprint density at radius 2 is 1.86 bits per heavy atom. The van der Waals surface area contributed by atoms with E-state index in [0.29, 0.717) is 18.2 Å². The minimum atomic E-state index is -0.0937. The van der Waals surface area contributed by atoms with Crippen LogP contribution in [0.4, 0.5) is 0 Å². The fourth-order valence-electron chi connectivity index (χ4n) is 3.44. The Balaban J connectivity index is 1.45. The van der Waals surface area contributed by atoms with Gasteiger partial charge in [0.25, 0.3) is 5.91 Å². The van der Waals surface area contributed by atoms with Crippen LogP contribution in [0.25, 0.3) is 0 Å². The van der Waals surface area contributed by atoms with E-state index in [1.807, 2.05) is 36.4 Å². The summed E-state index contributed by atoms with van der Waals surface area (Å²) in [6.45, 7) is 5.48. The van der Waals surface area contributed by atoms with E-state index in [9.17, 15) is 4.79 Å². The predicted molar refractivity (Wildman–Crippen MR) is 108 cm³/mol. The zero-order valence-electron chi connectivity index (χ0n) is 16.6. The molecule has 1 amide bonds. The van der Waals surface area contributed by atoms with Crippen LogP contribution in [-0.4, -0.2) is 54.7 Å². The second-order valence-electron chi connectivity index (χ2n) is 7.22. The molecule has 0 saturated carbocycles. The normalized spacial score (nSPS) is 16.5. The molecule has 2 aromatic rings. The van der Waals surface area contributed by atoms with Crippen molar-refractivity contribution in [1.29, 1.82) is 0 Å². The molecule has 1 aliphatic rings. The SMILES string of the molecule is COC[C@H](C)N1CCC(Oc2ccc(C(=O)NCc3ccncc3)cc2)CC1. The molecule has 1 aromatic carbocycles. The molecule has 1 aliphatic heterocycles. The molecule has 28 heavy (non-hydrogen) atoms. The molecule has 6 heteroatoms. The topological polar surface area (TPSA) is 63.7 Å². The maximum absolute atomic E-state index is 12.3. The summed E-state index contributed by atoms with van der Waals surface area (Å²) in [7, 11) is 1.75. The van der Waals surface area contributed by atoms with Crippen molar-refractivity contribution in [1.82, 2.24) is 15.2 Å². The number of hydrogen-bond donors (Lipinski definition) is 1. The van der Waals surface area contributed by atoms with Gasteiger partial charge in [-0.05, 0) is 61.7 Å². The second-order valence-corrected chi connectivity index (χ2v) is 7.22. The lowest BCUT2D eigenvalue weighted by molar-refractivity contribution is 0.0475. The molecule has 1 N–H and O–H groups in total. The summed E-state index contributed by atoms with van der Waals surface area (Å²) < 4.78 is 11.4. The summed E-state index contributed by atoms with van der Waals surface area (Å²) in [5, 5.41) is 2.92. The maximum Gasteiger partial charge on any atom is 0.251 e. The van der Waals surface area contributed by atoms with Gasteiger partial charge in [-0.1, -0.05) is 0 Å². The van der Waals surface area contributed by atoms with E-state index in [4.69, 9.17) is 9.47 Å². The highest BCUT2D eigenvalue weighted by atomic mass is 16.5. The van der Waals surface area contributed by atoms with Gasteiger partial charge < -0.3 is 14.8 Å². The van der Waals surface area contributed by atoms with Gasteiger partial charge in [0.05, 0.1) is 6.61 Å². The van der Waals surface area contributed by atoms with Crippen molar-refractivity contribution < 1.29 is 14.3 Å². The number of amides is 1. The third kappa shape index (κ3) is 5.78. The first-order valence-electron chi connectivity index (χ1n) is 9.82. The zero-order valence-corrected chi connectivity index (χ0v) is 16.6. The molecule has 0 spiro atoms. The Bertz CT molecular complexity index is 728. The molecule has 3 rings (SSSR count). The molecular weight excluding hydrogens is 354 g/mol. The average Bonchev–Trinajstić information content (AvgIpc) is 2.74. The first-order valence-corrected chi connectivity index (χ1v) is 9.82. The first-order chi connectivity index (χ1) is 13.7. The summed E-state index contributed by atoms with van der Waals surface area (Å²) in [6.07, 6.45) is 5.66. The Hall–Kier alpha value is -2.44. The summed E-state index contributed by atoms with van der Waals surface area (Å²) in [6, 6.07) is 11.6. The van der Waals surface area contributed by atoms with E-state index in [2.05, 4.69) is 22.1 Å². The minimum absolute atomic E-state index is 0.0937. The van der Waals surface area contributed by atoms with Crippen molar-refractivity contribution in [2.45, 2.75) is 38.5 Å². The number of likely N-dealkylation sites (tertiary alicyclic amines) is 1. The van der Waals surface area contributed by atoms with E-state index in [1.54, 1.807) is 19.5 Å². The number of nitrogens with zero attached hydrogens (tertiary/aromatic N) is 2. The molecule has 1 fully saturated rings. The van der Waals surface area contributed by atoms with Crippen molar-refractivity contribution in [3.05, 3.63) is 59.9 Å². The Kier molecular flexibility index (Phi) is 7.39. The molecular formula is C22H29N3O3. The van der Waals surface area contributed by atoms with Gasteiger partial charge in [-0.25, -0.2) is 0 Å². The molecule has 0 bridgehead atoms. The summed E-state index contributed by atoms with van der Waals surface area (Å²) in [5.74, 6) is 0.720. The largest absolute Gasteiger partial charge is 0.490 e. The van der Waals surface area contributed by atoms with Gasteiger partial charge in [0, 0.05) is 50.7 Å². The lowest BCUT2D eigenvalue weighted by atomic mass is 10.1. The first kappa shape index (κ1) is 20.3. The molecule has 150 valence electrons. The van der Waals surface area contributed by atoms with Crippen LogP contribution in [0.2, 0.25) is 0 Å². The molecule has 0 radical (unpaired) electrons. The number of methoxy groups -OCH3 is 1. The summed E-state index contributed by atoms with van der Waals surface area (Å²) >= 11 is 0. The van der Waals surface area contributed by atoms with Gasteiger partial charge in [-0.15, -0.1) is 0 Å². The highest BCUT2D eigenvalue weighted by Gasteiger charge is 2.23. The monoisotopic (exact) mass is 383 g/mol. The minimum Gasteiger partial charge on any atom is -0.490 e. The molecule has 0 aliphatic carbocycles. The van der Waals surface area contributed by atoms with Gasteiger partial charge in [0.2, 0.25) is 0 Å². The zero-order chi connectivity index (χ0) is 19.8. The molecule has 0 unspecified atom stereocenters. The van der Waals surface area contributed by atoms with Crippen LogP contribution in [0.1, 0.15) is 35.7 Å². The van der Waals surface area contributed by atoms with Gasteiger partial charge in [-0.3, -0.25) is 14.7 Å². The van der Waals surface area contributed by atoms with Gasteiger partial charge in [-0.2, -0.15) is 0 Å². The summed E-state index contributed by atoms with van der Waals surface area (Å²) in [5.41, 5.74) is 1.65. The van der Waals surface area contributed by atoms with E-state index in [-0.39, 0.29) is 12.0 Å². The van der Waals surface area contributed by atoms with E-state index in [0.717, 1.165) is 43.9 Å². The Morgan fingerprint density at radius 3 is 2.50 bits per heavy atom. The van der Waals surface area contributed by atoms with Gasteiger partial charge in [0.15, 0.2) is 0 Å². The number of piperidine rings is 1. The smallest absolute Gasteiger partial charge is 0.251 e. The number of aromatic nitrogens is 1. The second kappa shape index (κ2) is 10.2. The number of nitrogens with one attached hydrogen (secondary N) is 1. The van der Waals surface area contributed by atoms with Crippen LogP contribution < -0.4 is 10.1 Å². The van der Waals surface area contributed by atoms with E-state index in [1.165, 1.54) is 0 Å². The van der Waals surface area contributed by atoms with Crippen LogP contribution in [0.3, 0.4) is 0 Å². The third-order valence-corrected chi connectivity index (χ3v) is 5.13. The number of carbonyl (C=O) groups is 1. The summed E-state index contributed by atoms with van der Waals surface area (Å²) in [4.78, 5) is 18.7. The lowest BCUT2D eigenvalue weighted by Gasteiger charge is -2.35.